The average molecular weight is 399 g/mol. The van der Waals surface area contributed by atoms with Gasteiger partial charge in [0, 0.05) is 0 Å². The highest BCUT2D eigenvalue weighted by Crippen LogP contribution is 2.52. The van der Waals surface area contributed by atoms with Gasteiger partial charge in [-0.3, -0.25) is 0 Å². The molecule has 8 heteroatoms. The molecule has 1 saturated carbocycles. The van der Waals surface area contributed by atoms with Crippen LogP contribution in [0.4, 0.5) is 13.2 Å². The Bertz CT molecular complexity index is 805. The molecule has 0 amide bonds. The van der Waals surface area contributed by atoms with Crippen LogP contribution in [0.15, 0.2) is 35.7 Å². The number of halogens is 3. The van der Waals surface area contributed by atoms with Gasteiger partial charge in [0.05, 0.1) is 17.7 Å². The van der Waals surface area contributed by atoms with Gasteiger partial charge in [-0.05, 0) is 48.5 Å². The van der Waals surface area contributed by atoms with E-state index < -0.39 is 22.8 Å². The van der Waals surface area contributed by atoms with Crippen molar-refractivity contribution in [2.75, 3.05) is 6.26 Å². The van der Waals surface area contributed by atoms with Gasteiger partial charge in [-0.15, -0.1) is 0 Å². The molecule has 0 aliphatic heterocycles. The quantitative estimate of drug-likeness (QED) is 0.756. The molecule has 1 aliphatic rings. The number of rotatable bonds is 5. The van der Waals surface area contributed by atoms with Crippen molar-refractivity contribution in [1.29, 1.82) is 0 Å². The molecule has 1 aromatic carbocycles. The van der Waals surface area contributed by atoms with E-state index in [1.165, 1.54) is 30.2 Å². The first kappa shape index (κ1) is 20.2. The summed E-state index contributed by atoms with van der Waals surface area (Å²) in [6.07, 6.45) is 0.497. The Labute approximate surface area is 161 Å². The van der Waals surface area contributed by atoms with Crippen LogP contribution in [0.25, 0.3) is 0 Å². The molecule has 3 rings (SSSR count). The molecular weight excluding hydrogens is 375 g/mol. The molecule has 148 valence electrons. The zero-order valence-corrected chi connectivity index (χ0v) is 16.4. The van der Waals surface area contributed by atoms with Gasteiger partial charge in [-0.1, -0.05) is 43.8 Å². The van der Waals surface area contributed by atoms with E-state index >= 15 is 0 Å². The molecule has 1 heterocycles. The van der Waals surface area contributed by atoms with Crippen LogP contribution in [-0.4, -0.2) is 31.7 Å². The lowest BCUT2D eigenvalue weighted by molar-refractivity contribution is -0.138. The number of hydrogen-bond acceptors (Lipinski definition) is 4. The van der Waals surface area contributed by atoms with Crippen LogP contribution in [0.5, 0.6) is 0 Å². The lowest BCUT2D eigenvalue weighted by Crippen LogP contribution is -2.49. The van der Waals surface area contributed by atoms with E-state index in [1.807, 2.05) is 20.1 Å². The largest absolute Gasteiger partial charge is 0.416 e. The monoisotopic (exact) mass is 399 g/mol. The summed E-state index contributed by atoms with van der Waals surface area (Å²) >= 11 is 1.42. The fraction of sp³-hybridized carbons (Fsp3) is 0.579. The number of thioether (sulfide) groups is 1. The molecule has 0 spiro atoms. The minimum atomic E-state index is -4.40. The Balaban J connectivity index is 1.93. The molecule has 1 aromatic heterocycles. The normalized spacial score (nSPS) is 25.1. The van der Waals surface area contributed by atoms with Gasteiger partial charge in [0.2, 0.25) is 0 Å². The molecule has 0 radical (unpaired) electrons. The van der Waals surface area contributed by atoms with Crippen molar-refractivity contribution < 1.29 is 18.3 Å². The Morgan fingerprint density at radius 2 is 2.00 bits per heavy atom. The first-order valence-corrected chi connectivity index (χ1v) is 10.1. The van der Waals surface area contributed by atoms with Crippen molar-refractivity contribution in [3.8, 4) is 0 Å². The molecule has 1 N–H and O–H groups in total. The topological polar surface area (TPSA) is 50.9 Å². The summed E-state index contributed by atoms with van der Waals surface area (Å²) < 4.78 is 41.8. The zero-order valence-electron chi connectivity index (χ0n) is 15.6. The fourth-order valence-corrected chi connectivity index (χ4v) is 4.62. The van der Waals surface area contributed by atoms with Gasteiger partial charge in [0.25, 0.3) is 0 Å². The Hall–Kier alpha value is -1.54. The van der Waals surface area contributed by atoms with Gasteiger partial charge < -0.3 is 5.11 Å². The minimum Gasteiger partial charge on any atom is -0.387 e. The van der Waals surface area contributed by atoms with Crippen molar-refractivity contribution in [3.05, 3.63) is 41.7 Å². The van der Waals surface area contributed by atoms with E-state index in [1.54, 1.807) is 10.7 Å². The number of hydrogen-bond donors (Lipinski definition) is 1. The SMILES string of the molecule is CSc1ncnn1CC1(O)C(Cc2ccccc2C(F)(F)F)CCC1(C)C. The maximum Gasteiger partial charge on any atom is 0.416 e. The van der Waals surface area contributed by atoms with Crippen molar-refractivity contribution in [3.63, 3.8) is 0 Å². The molecule has 1 aliphatic carbocycles. The third-order valence-corrected chi connectivity index (χ3v) is 6.59. The molecule has 0 saturated heterocycles. The average Bonchev–Trinajstić information content (AvgIpc) is 3.12. The molecule has 1 fully saturated rings. The first-order chi connectivity index (χ1) is 12.6. The number of aromatic nitrogens is 3. The third kappa shape index (κ3) is 3.74. The molecule has 27 heavy (non-hydrogen) atoms. The van der Waals surface area contributed by atoms with E-state index in [0.29, 0.717) is 11.6 Å². The van der Waals surface area contributed by atoms with Crippen molar-refractivity contribution in [1.82, 2.24) is 14.8 Å². The summed E-state index contributed by atoms with van der Waals surface area (Å²) in [5.41, 5.74) is -2.01. The second kappa shape index (κ2) is 7.13. The van der Waals surface area contributed by atoms with Gasteiger partial charge in [0.15, 0.2) is 5.16 Å². The highest BCUT2D eigenvalue weighted by Gasteiger charge is 2.54. The van der Waals surface area contributed by atoms with Crippen molar-refractivity contribution in [2.24, 2.45) is 11.3 Å². The Morgan fingerprint density at radius 3 is 2.67 bits per heavy atom. The summed E-state index contributed by atoms with van der Waals surface area (Å²) in [7, 11) is 0. The van der Waals surface area contributed by atoms with Crippen LogP contribution in [0, 0.1) is 11.3 Å². The number of alkyl halides is 3. The second-order valence-corrected chi connectivity index (χ2v) is 8.58. The van der Waals surface area contributed by atoms with Crippen LogP contribution in [-0.2, 0) is 19.1 Å². The molecule has 4 nitrogen and oxygen atoms in total. The highest BCUT2D eigenvalue weighted by atomic mass is 32.2. The smallest absolute Gasteiger partial charge is 0.387 e. The van der Waals surface area contributed by atoms with Crippen LogP contribution in [0.2, 0.25) is 0 Å². The van der Waals surface area contributed by atoms with Gasteiger partial charge >= 0.3 is 6.18 Å². The van der Waals surface area contributed by atoms with Crippen LogP contribution >= 0.6 is 11.8 Å². The van der Waals surface area contributed by atoms with E-state index in [4.69, 9.17) is 0 Å². The predicted octanol–water partition coefficient (Wildman–Crippen LogP) is 4.43. The van der Waals surface area contributed by atoms with Crippen LogP contribution < -0.4 is 0 Å². The Kier molecular flexibility index (Phi) is 5.33. The second-order valence-electron chi connectivity index (χ2n) is 7.81. The summed E-state index contributed by atoms with van der Waals surface area (Å²) in [4.78, 5) is 4.17. The van der Waals surface area contributed by atoms with Gasteiger partial charge in [-0.2, -0.15) is 18.3 Å². The molecular formula is C19H24F3N3OS. The van der Waals surface area contributed by atoms with E-state index in [2.05, 4.69) is 10.1 Å². The fourth-order valence-electron chi connectivity index (χ4n) is 4.15. The molecule has 2 aromatic rings. The number of aliphatic hydroxyl groups is 1. The summed E-state index contributed by atoms with van der Waals surface area (Å²) in [5.74, 6) is -0.296. The highest BCUT2D eigenvalue weighted by molar-refractivity contribution is 7.98. The lowest BCUT2D eigenvalue weighted by Gasteiger charge is -2.41. The minimum absolute atomic E-state index is 0.179. The molecule has 2 unspecified atom stereocenters. The van der Waals surface area contributed by atoms with Crippen molar-refractivity contribution in [2.45, 2.75) is 56.6 Å². The predicted molar refractivity (Wildman–Crippen MR) is 98.4 cm³/mol. The van der Waals surface area contributed by atoms with E-state index in [9.17, 15) is 18.3 Å². The van der Waals surface area contributed by atoms with Crippen LogP contribution in [0.1, 0.15) is 37.8 Å². The zero-order chi connectivity index (χ0) is 19.9. The summed E-state index contributed by atoms with van der Waals surface area (Å²) in [6.45, 7) is 4.16. The molecule has 0 bridgehead atoms. The standard InChI is InChI=1S/C19H24F3N3OS/c1-17(2)9-8-14(10-13-6-4-5-7-15(13)19(20,21)22)18(17,26)11-25-16(27-3)23-12-24-25/h4-7,12,14,26H,8-11H2,1-3H3. The molecule has 2 atom stereocenters. The first-order valence-electron chi connectivity index (χ1n) is 8.88. The van der Waals surface area contributed by atoms with Gasteiger partial charge in [-0.25, -0.2) is 9.67 Å². The number of nitrogens with zero attached hydrogens (tertiary/aromatic N) is 3. The summed E-state index contributed by atoms with van der Waals surface area (Å²) in [5, 5.41) is 16.5. The third-order valence-electron chi connectivity index (χ3n) is 5.91. The summed E-state index contributed by atoms with van der Waals surface area (Å²) in [6, 6.07) is 5.64. The maximum atomic E-state index is 13.4. The van der Waals surface area contributed by atoms with Crippen molar-refractivity contribution >= 4 is 11.8 Å². The Morgan fingerprint density at radius 1 is 1.30 bits per heavy atom. The van der Waals surface area contributed by atoms with Gasteiger partial charge in [0.1, 0.15) is 6.33 Å². The maximum absolute atomic E-state index is 13.4. The lowest BCUT2D eigenvalue weighted by atomic mass is 9.72. The van der Waals surface area contributed by atoms with E-state index in [-0.39, 0.29) is 24.4 Å². The number of benzene rings is 1. The van der Waals surface area contributed by atoms with E-state index in [0.717, 1.165) is 12.5 Å². The van der Waals surface area contributed by atoms with Crippen LogP contribution in [0.3, 0.4) is 0 Å².